The summed E-state index contributed by atoms with van der Waals surface area (Å²) in [6.07, 6.45) is 4.06. The van der Waals surface area contributed by atoms with Gasteiger partial charge in [0.05, 0.1) is 38.3 Å². The molecule has 160 valence electrons. The van der Waals surface area contributed by atoms with Crippen LogP contribution in [0.5, 0.6) is 11.5 Å². The molecule has 1 aliphatic carbocycles. The van der Waals surface area contributed by atoms with Crippen LogP contribution in [0.2, 0.25) is 0 Å². The molecule has 1 fully saturated rings. The SMILES string of the molecule is COc1ccc(-c2nc(CSc3nnc(C4CC4)n3Cc3ccco3)cs2)c(OC)c1. The smallest absolute Gasteiger partial charge is 0.192 e. The number of rotatable bonds is 9. The second-order valence-corrected chi connectivity index (χ2v) is 9.08. The average Bonchev–Trinajstić information content (AvgIpc) is 3.18. The van der Waals surface area contributed by atoms with Gasteiger partial charge < -0.3 is 13.9 Å². The first-order chi connectivity index (χ1) is 15.2. The molecule has 0 saturated heterocycles. The minimum atomic E-state index is 0.519. The Morgan fingerprint density at radius 3 is 2.84 bits per heavy atom. The lowest BCUT2D eigenvalue weighted by molar-refractivity contribution is 0.395. The molecule has 0 N–H and O–H groups in total. The maximum absolute atomic E-state index is 5.55. The molecule has 0 unspecified atom stereocenters. The quantitative estimate of drug-likeness (QED) is 0.321. The van der Waals surface area contributed by atoms with Crippen LogP contribution in [0.3, 0.4) is 0 Å². The van der Waals surface area contributed by atoms with Crippen LogP contribution >= 0.6 is 23.1 Å². The lowest BCUT2D eigenvalue weighted by Crippen LogP contribution is -2.05. The summed E-state index contributed by atoms with van der Waals surface area (Å²) < 4.78 is 18.6. The Balaban J connectivity index is 1.33. The second kappa shape index (κ2) is 8.76. The van der Waals surface area contributed by atoms with Crippen molar-refractivity contribution in [2.24, 2.45) is 0 Å². The van der Waals surface area contributed by atoms with E-state index in [0.29, 0.717) is 12.5 Å². The van der Waals surface area contributed by atoms with Gasteiger partial charge >= 0.3 is 0 Å². The molecular formula is C22H22N4O3S2. The fraction of sp³-hybridized carbons (Fsp3) is 0.318. The van der Waals surface area contributed by atoms with E-state index in [1.807, 2.05) is 30.3 Å². The number of hydrogen-bond acceptors (Lipinski definition) is 8. The van der Waals surface area contributed by atoms with Crippen LogP contribution in [0.25, 0.3) is 10.6 Å². The molecule has 0 amide bonds. The first-order valence-corrected chi connectivity index (χ1v) is 11.9. The summed E-state index contributed by atoms with van der Waals surface area (Å²) in [4.78, 5) is 4.82. The Kier molecular flexibility index (Phi) is 5.69. The van der Waals surface area contributed by atoms with E-state index in [9.17, 15) is 0 Å². The molecule has 1 aliphatic rings. The Hall–Kier alpha value is -2.78. The number of thiazole rings is 1. The Morgan fingerprint density at radius 2 is 2.10 bits per heavy atom. The van der Waals surface area contributed by atoms with Gasteiger partial charge in [-0.15, -0.1) is 21.5 Å². The van der Waals surface area contributed by atoms with E-state index in [4.69, 9.17) is 18.9 Å². The van der Waals surface area contributed by atoms with Crippen molar-refractivity contribution in [3.63, 3.8) is 0 Å². The number of furan rings is 1. The Labute approximate surface area is 188 Å². The van der Waals surface area contributed by atoms with E-state index < -0.39 is 0 Å². The van der Waals surface area contributed by atoms with Gasteiger partial charge in [0.15, 0.2) is 5.16 Å². The van der Waals surface area contributed by atoms with Crippen LogP contribution in [0.15, 0.2) is 51.5 Å². The monoisotopic (exact) mass is 454 g/mol. The summed E-state index contributed by atoms with van der Waals surface area (Å²) in [5.74, 6) is 4.71. The molecule has 5 rings (SSSR count). The minimum Gasteiger partial charge on any atom is -0.497 e. The van der Waals surface area contributed by atoms with Crippen LogP contribution in [0.4, 0.5) is 0 Å². The third-order valence-electron chi connectivity index (χ3n) is 5.12. The molecule has 0 bridgehead atoms. The summed E-state index contributed by atoms with van der Waals surface area (Å²) in [5, 5.41) is 12.8. The standard InChI is InChI=1S/C22H22N4O3S2/c1-27-16-7-8-18(19(10-16)28-2)21-23-15(12-30-21)13-31-22-25-24-20(14-5-6-14)26(22)11-17-4-3-9-29-17/h3-4,7-10,12,14H,5-6,11,13H2,1-2H3. The van der Waals surface area contributed by atoms with Crippen molar-refractivity contribution in [1.82, 2.24) is 19.7 Å². The molecule has 1 aromatic carbocycles. The second-order valence-electron chi connectivity index (χ2n) is 7.28. The zero-order chi connectivity index (χ0) is 21.2. The number of methoxy groups -OCH3 is 2. The van der Waals surface area contributed by atoms with Gasteiger partial charge in [0, 0.05) is 23.1 Å². The molecule has 31 heavy (non-hydrogen) atoms. The van der Waals surface area contributed by atoms with Crippen LogP contribution in [-0.2, 0) is 12.3 Å². The third kappa shape index (κ3) is 4.33. The highest BCUT2D eigenvalue weighted by Crippen LogP contribution is 2.41. The molecular weight excluding hydrogens is 432 g/mol. The number of nitrogens with zero attached hydrogens (tertiary/aromatic N) is 4. The van der Waals surface area contributed by atoms with Gasteiger partial charge in [-0.25, -0.2) is 4.98 Å². The minimum absolute atomic E-state index is 0.519. The van der Waals surface area contributed by atoms with Crippen molar-refractivity contribution in [1.29, 1.82) is 0 Å². The summed E-state index contributed by atoms with van der Waals surface area (Å²) in [7, 11) is 3.30. The van der Waals surface area contributed by atoms with Crippen molar-refractivity contribution >= 4 is 23.1 Å². The predicted molar refractivity (Wildman–Crippen MR) is 120 cm³/mol. The van der Waals surface area contributed by atoms with E-state index in [-0.39, 0.29) is 0 Å². The van der Waals surface area contributed by atoms with E-state index in [0.717, 1.165) is 50.3 Å². The first kappa shape index (κ1) is 20.1. The topological polar surface area (TPSA) is 75.2 Å². The maximum atomic E-state index is 5.55. The van der Waals surface area contributed by atoms with Gasteiger partial charge in [0.25, 0.3) is 0 Å². The van der Waals surface area contributed by atoms with Gasteiger partial charge in [-0.2, -0.15) is 0 Å². The first-order valence-electron chi connectivity index (χ1n) is 10.00. The molecule has 0 aliphatic heterocycles. The van der Waals surface area contributed by atoms with E-state index >= 15 is 0 Å². The van der Waals surface area contributed by atoms with Gasteiger partial charge in [-0.1, -0.05) is 11.8 Å². The molecule has 1 saturated carbocycles. The molecule has 0 radical (unpaired) electrons. The van der Waals surface area contributed by atoms with Crippen LogP contribution in [0.1, 0.15) is 36.0 Å². The number of hydrogen-bond donors (Lipinski definition) is 0. The third-order valence-corrected chi connectivity index (χ3v) is 7.05. The summed E-state index contributed by atoms with van der Waals surface area (Å²) in [6.45, 7) is 0.652. The highest BCUT2D eigenvalue weighted by molar-refractivity contribution is 7.98. The normalized spacial score (nSPS) is 13.5. The number of aromatic nitrogens is 4. The van der Waals surface area contributed by atoms with Crippen molar-refractivity contribution in [3.05, 3.63) is 59.3 Å². The van der Waals surface area contributed by atoms with E-state index in [1.54, 1.807) is 43.6 Å². The van der Waals surface area contributed by atoms with E-state index in [1.165, 1.54) is 12.8 Å². The van der Waals surface area contributed by atoms with Gasteiger partial charge in [0.2, 0.25) is 0 Å². The summed E-state index contributed by atoms with van der Waals surface area (Å²) in [6, 6.07) is 9.68. The zero-order valence-corrected chi connectivity index (χ0v) is 18.9. The van der Waals surface area contributed by atoms with Gasteiger partial charge in [-0.3, -0.25) is 4.57 Å². The molecule has 0 spiro atoms. The molecule has 3 heterocycles. The van der Waals surface area contributed by atoms with Crippen LogP contribution < -0.4 is 9.47 Å². The highest BCUT2D eigenvalue weighted by Gasteiger charge is 2.30. The lowest BCUT2D eigenvalue weighted by atomic mass is 10.2. The molecule has 7 nitrogen and oxygen atoms in total. The molecule has 0 atom stereocenters. The number of ether oxygens (including phenoxy) is 2. The van der Waals surface area contributed by atoms with Crippen LogP contribution in [-0.4, -0.2) is 34.0 Å². The highest BCUT2D eigenvalue weighted by atomic mass is 32.2. The summed E-state index contributed by atoms with van der Waals surface area (Å²) in [5.41, 5.74) is 1.96. The number of thioether (sulfide) groups is 1. The van der Waals surface area contributed by atoms with Crippen molar-refractivity contribution < 1.29 is 13.9 Å². The Bertz CT molecular complexity index is 1170. The maximum Gasteiger partial charge on any atom is 0.192 e. The fourth-order valence-corrected chi connectivity index (χ4v) is 5.16. The average molecular weight is 455 g/mol. The zero-order valence-electron chi connectivity index (χ0n) is 17.3. The van der Waals surface area contributed by atoms with Crippen molar-refractivity contribution in [3.8, 4) is 22.1 Å². The Morgan fingerprint density at radius 1 is 1.19 bits per heavy atom. The fourth-order valence-electron chi connectivity index (χ4n) is 3.37. The van der Waals surface area contributed by atoms with Gasteiger partial charge in [-0.05, 0) is 37.1 Å². The molecule has 4 aromatic rings. The van der Waals surface area contributed by atoms with Gasteiger partial charge in [0.1, 0.15) is 28.1 Å². The number of benzene rings is 1. The van der Waals surface area contributed by atoms with Crippen molar-refractivity contribution in [2.45, 2.75) is 36.2 Å². The molecule has 9 heteroatoms. The van der Waals surface area contributed by atoms with Crippen LogP contribution in [0, 0.1) is 0 Å². The predicted octanol–water partition coefficient (Wildman–Crippen LogP) is 5.23. The van der Waals surface area contributed by atoms with Crippen molar-refractivity contribution in [2.75, 3.05) is 14.2 Å². The summed E-state index contributed by atoms with van der Waals surface area (Å²) >= 11 is 3.26. The lowest BCUT2D eigenvalue weighted by Gasteiger charge is -2.08. The largest absolute Gasteiger partial charge is 0.497 e. The molecule has 3 aromatic heterocycles. The van der Waals surface area contributed by atoms with E-state index in [2.05, 4.69) is 20.1 Å².